The van der Waals surface area contributed by atoms with Gasteiger partial charge in [-0.15, -0.1) is 0 Å². The molecule has 0 aliphatic carbocycles. The van der Waals surface area contributed by atoms with Crippen molar-refractivity contribution in [2.24, 2.45) is 0 Å². The first-order valence-corrected chi connectivity index (χ1v) is 8.02. The Balaban J connectivity index is 3.22. The highest BCUT2D eigenvalue weighted by Crippen LogP contribution is 2.37. The number of methoxy groups -OCH3 is 2. The minimum Gasteiger partial charge on any atom is -0.490 e. The van der Waals surface area contributed by atoms with Gasteiger partial charge in [0.05, 0.1) is 12.0 Å². The average Bonchev–Trinajstić information content (AvgIpc) is 2.52. The molecule has 0 aliphatic rings. The molecule has 140 valence electrons. The van der Waals surface area contributed by atoms with Crippen molar-refractivity contribution in [2.45, 2.75) is 39.2 Å². The molecule has 0 fully saturated rings. The lowest BCUT2D eigenvalue weighted by atomic mass is 10.2. The maximum absolute atomic E-state index is 12.6. The van der Waals surface area contributed by atoms with E-state index in [0.29, 0.717) is 19.4 Å². The van der Waals surface area contributed by atoms with Crippen molar-refractivity contribution in [3.8, 4) is 5.75 Å². The van der Waals surface area contributed by atoms with Crippen LogP contribution in [0.4, 0.5) is 16.2 Å². The van der Waals surface area contributed by atoms with Gasteiger partial charge in [-0.25, -0.2) is 4.79 Å². The summed E-state index contributed by atoms with van der Waals surface area (Å²) in [6.45, 7) is 6.05. The van der Waals surface area contributed by atoms with Crippen LogP contribution in [0.15, 0.2) is 18.2 Å². The SMILES string of the molecule is COCCCCN(C(=O)OC(C)(C)C)c1cccc(OC)c1[N+](=O)[O-]. The van der Waals surface area contributed by atoms with Gasteiger partial charge in [0.15, 0.2) is 5.75 Å². The third-order valence-corrected chi connectivity index (χ3v) is 3.27. The van der Waals surface area contributed by atoms with Gasteiger partial charge < -0.3 is 14.2 Å². The van der Waals surface area contributed by atoms with E-state index in [4.69, 9.17) is 14.2 Å². The fourth-order valence-corrected chi connectivity index (χ4v) is 2.22. The van der Waals surface area contributed by atoms with Crippen LogP contribution in [0.2, 0.25) is 0 Å². The summed E-state index contributed by atoms with van der Waals surface area (Å²) >= 11 is 0. The molecule has 0 spiro atoms. The second kappa shape index (κ2) is 9.22. The van der Waals surface area contributed by atoms with Crippen molar-refractivity contribution in [1.82, 2.24) is 0 Å². The van der Waals surface area contributed by atoms with E-state index in [0.717, 1.165) is 0 Å². The van der Waals surface area contributed by atoms with Gasteiger partial charge in [-0.3, -0.25) is 15.0 Å². The van der Waals surface area contributed by atoms with Crippen LogP contribution in [0.1, 0.15) is 33.6 Å². The molecule has 0 N–H and O–H groups in total. The number of nitro groups is 1. The molecule has 0 heterocycles. The van der Waals surface area contributed by atoms with Gasteiger partial charge in [-0.2, -0.15) is 0 Å². The van der Waals surface area contributed by atoms with Gasteiger partial charge in [-0.1, -0.05) is 6.07 Å². The molecule has 0 unspecified atom stereocenters. The summed E-state index contributed by atoms with van der Waals surface area (Å²) in [5.74, 6) is 0.0907. The summed E-state index contributed by atoms with van der Waals surface area (Å²) in [7, 11) is 2.95. The Morgan fingerprint density at radius 2 is 1.92 bits per heavy atom. The van der Waals surface area contributed by atoms with Crippen molar-refractivity contribution in [2.75, 3.05) is 32.3 Å². The number of para-hydroxylation sites is 1. The van der Waals surface area contributed by atoms with E-state index in [-0.39, 0.29) is 23.7 Å². The van der Waals surface area contributed by atoms with E-state index in [1.807, 2.05) is 0 Å². The smallest absolute Gasteiger partial charge is 0.415 e. The zero-order chi connectivity index (χ0) is 19.0. The lowest BCUT2D eigenvalue weighted by Crippen LogP contribution is -2.38. The number of benzene rings is 1. The summed E-state index contributed by atoms with van der Waals surface area (Å²) in [6.07, 6.45) is 0.691. The van der Waals surface area contributed by atoms with E-state index >= 15 is 0 Å². The van der Waals surface area contributed by atoms with Crippen LogP contribution in [0.5, 0.6) is 5.75 Å². The first-order chi connectivity index (χ1) is 11.7. The standard InChI is InChI=1S/C17H26N2O6/c1-17(2,3)25-16(20)18(11-6-7-12-23-4)13-9-8-10-14(24-5)15(13)19(21)22/h8-10H,6-7,11-12H2,1-5H3. The lowest BCUT2D eigenvalue weighted by Gasteiger charge is -2.27. The van der Waals surface area contributed by atoms with E-state index in [9.17, 15) is 14.9 Å². The Labute approximate surface area is 147 Å². The number of nitro benzene ring substituents is 1. The van der Waals surface area contributed by atoms with Gasteiger partial charge in [0, 0.05) is 20.3 Å². The van der Waals surface area contributed by atoms with Gasteiger partial charge in [0.2, 0.25) is 0 Å². The van der Waals surface area contributed by atoms with E-state index in [1.54, 1.807) is 33.9 Å². The number of amides is 1. The van der Waals surface area contributed by atoms with Crippen molar-refractivity contribution >= 4 is 17.5 Å². The molecule has 0 saturated carbocycles. The number of unbranched alkanes of at least 4 members (excludes halogenated alkanes) is 1. The van der Waals surface area contributed by atoms with Crippen LogP contribution in [-0.2, 0) is 9.47 Å². The lowest BCUT2D eigenvalue weighted by molar-refractivity contribution is -0.385. The van der Waals surface area contributed by atoms with Crippen LogP contribution in [0, 0.1) is 10.1 Å². The van der Waals surface area contributed by atoms with E-state index in [1.165, 1.54) is 24.1 Å². The average molecular weight is 354 g/mol. The predicted molar refractivity (Wildman–Crippen MR) is 94.3 cm³/mol. The quantitative estimate of drug-likeness (QED) is 0.401. The van der Waals surface area contributed by atoms with Crippen molar-refractivity contribution in [3.63, 3.8) is 0 Å². The highest BCUT2D eigenvalue weighted by molar-refractivity contribution is 5.92. The van der Waals surface area contributed by atoms with Gasteiger partial charge in [-0.05, 0) is 45.7 Å². The Hall–Kier alpha value is -2.35. The third kappa shape index (κ3) is 6.22. The molecule has 0 saturated heterocycles. The minimum absolute atomic E-state index is 0.0907. The predicted octanol–water partition coefficient (Wildman–Crippen LogP) is 3.77. The van der Waals surface area contributed by atoms with Crippen LogP contribution >= 0.6 is 0 Å². The molecule has 25 heavy (non-hydrogen) atoms. The third-order valence-electron chi connectivity index (χ3n) is 3.27. The molecular weight excluding hydrogens is 328 g/mol. The molecule has 0 atom stereocenters. The zero-order valence-corrected chi connectivity index (χ0v) is 15.4. The van der Waals surface area contributed by atoms with Crippen molar-refractivity contribution in [3.05, 3.63) is 28.3 Å². The molecular formula is C17H26N2O6. The first kappa shape index (κ1) is 20.7. The fourth-order valence-electron chi connectivity index (χ4n) is 2.22. The summed E-state index contributed by atoms with van der Waals surface area (Å²) < 4.78 is 15.5. The Kier molecular flexibility index (Phi) is 7.63. The molecule has 0 bridgehead atoms. The molecule has 1 aromatic rings. The van der Waals surface area contributed by atoms with Gasteiger partial charge in [0.1, 0.15) is 11.3 Å². The number of hydrogen-bond acceptors (Lipinski definition) is 6. The van der Waals surface area contributed by atoms with Gasteiger partial charge in [0.25, 0.3) is 0 Å². The number of rotatable bonds is 8. The molecule has 1 rings (SSSR count). The highest BCUT2D eigenvalue weighted by atomic mass is 16.6. The minimum atomic E-state index is -0.713. The van der Waals surface area contributed by atoms with E-state index < -0.39 is 16.6 Å². The molecule has 1 aromatic carbocycles. The van der Waals surface area contributed by atoms with Crippen LogP contribution in [-0.4, -0.2) is 44.0 Å². The monoisotopic (exact) mass is 354 g/mol. The van der Waals surface area contributed by atoms with Crippen LogP contribution in [0.3, 0.4) is 0 Å². The number of hydrogen-bond donors (Lipinski definition) is 0. The Morgan fingerprint density at radius 1 is 1.24 bits per heavy atom. The Bertz CT molecular complexity index is 597. The first-order valence-electron chi connectivity index (χ1n) is 8.02. The molecule has 1 amide bonds. The molecule has 0 aromatic heterocycles. The second-order valence-corrected chi connectivity index (χ2v) is 6.42. The number of nitrogens with zero attached hydrogens (tertiary/aromatic N) is 2. The number of ether oxygens (including phenoxy) is 3. The number of anilines is 1. The molecule has 0 aliphatic heterocycles. The summed E-state index contributed by atoms with van der Waals surface area (Å²) in [5, 5.41) is 11.5. The summed E-state index contributed by atoms with van der Waals surface area (Å²) in [4.78, 5) is 24.8. The highest BCUT2D eigenvalue weighted by Gasteiger charge is 2.30. The molecule has 8 heteroatoms. The second-order valence-electron chi connectivity index (χ2n) is 6.42. The van der Waals surface area contributed by atoms with Crippen LogP contribution in [0.25, 0.3) is 0 Å². The molecule has 0 radical (unpaired) electrons. The number of carbonyl (C=O) groups excluding carboxylic acids is 1. The topological polar surface area (TPSA) is 91.1 Å². The van der Waals surface area contributed by atoms with Gasteiger partial charge >= 0.3 is 11.8 Å². The van der Waals surface area contributed by atoms with E-state index in [2.05, 4.69) is 0 Å². The fraction of sp³-hybridized carbons (Fsp3) is 0.588. The normalized spacial score (nSPS) is 11.1. The number of carbonyl (C=O) groups is 1. The molecule has 8 nitrogen and oxygen atoms in total. The maximum atomic E-state index is 12.6. The summed E-state index contributed by atoms with van der Waals surface area (Å²) in [6, 6.07) is 4.61. The largest absolute Gasteiger partial charge is 0.490 e. The maximum Gasteiger partial charge on any atom is 0.415 e. The Morgan fingerprint density at radius 3 is 2.44 bits per heavy atom. The van der Waals surface area contributed by atoms with Crippen molar-refractivity contribution < 1.29 is 23.9 Å². The van der Waals surface area contributed by atoms with Crippen molar-refractivity contribution in [1.29, 1.82) is 0 Å². The summed E-state index contributed by atoms with van der Waals surface area (Å²) in [5.41, 5.74) is -0.825. The zero-order valence-electron chi connectivity index (χ0n) is 15.4. The van der Waals surface area contributed by atoms with Crippen LogP contribution < -0.4 is 9.64 Å².